The molecule has 2 N–H and O–H groups in total. The number of nitrogens with zero attached hydrogens (tertiary/aromatic N) is 1. The maximum atomic E-state index is 10.8. The Morgan fingerprint density at radius 3 is 2.35 bits per heavy atom. The predicted molar refractivity (Wildman–Crippen MR) is 107 cm³/mol. The molecule has 1 rings (SSSR count). The molecule has 0 spiro atoms. The zero-order chi connectivity index (χ0) is 19.9. The normalized spacial score (nSPS) is 12.5. The van der Waals surface area contributed by atoms with Gasteiger partial charge in [0.1, 0.15) is 5.75 Å². The van der Waals surface area contributed by atoms with Gasteiger partial charge in [-0.05, 0) is 43.5 Å². The number of phenols is 1. The number of ether oxygens (including phenoxy) is 1. The summed E-state index contributed by atoms with van der Waals surface area (Å²) in [5.41, 5.74) is 2.13. The molecule has 0 aliphatic carbocycles. The lowest BCUT2D eigenvalue weighted by molar-refractivity contribution is -0.132. The second-order valence-corrected chi connectivity index (χ2v) is 5.06. The Morgan fingerprint density at radius 1 is 1.23 bits per heavy atom. The number of hydrogen-bond donors (Lipinski definition) is 2. The van der Waals surface area contributed by atoms with E-state index in [9.17, 15) is 9.90 Å². The van der Waals surface area contributed by atoms with Crippen LogP contribution in [-0.4, -0.2) is 29.2 Å². The molecule has 5 nitrogen and oxygen atoms in total. The zero-order valence-electron chi connectivity index (χ0n) is 15.6. The van der Waals surface area contributed by atoms with Gasteiger partial charge in [-0.3, -0.25) is 0 Å². The second kappa shape index (κ2) is 13.2. The molecule has 0 unspecified atom stereocenters. The molecule has 0 saturated carbocycles. The minimum Gasteiger partial charge on any atom is -0.508 e. The van der Waals surface area contributed by atoms with Crippen LogP contribution in [0.1, 0.15) is 32.3 Å². The monoisotopic (exact) mass is 357 g/mol. The van der Waals surface area contributed by atoms with Gasteiger partial charge in [-0.2, -0.15) is 0 Å². The van der Waals surface area contributed by atoms with Gasteiger partial charge in [-0.25, -0.2) is 9.79 Å². The van der Waals surface area contributed by atoms with Gasteiger partial charge in [-0.15, -0.1) is 13.2 Å². The van der Waals surface area contributed by atoms with E-state index in [-0.39, 0.29) is 5.75 Å². The van der Waals surface area contributed by atoms with Crippen molar-refractivity contribution in [2.24, 2.45) is 4.99 Å². The standard InChI is InChI=1S/C19H23NO4.C2H4/c1-4-16(7-5-6-14(2)19(22)23)18(24-3)20-13-12-15-8-10-17(21)11-9-15;1-2/h6-13,21H,4-5H2,1-3H3,(H,22,23);1-2H2/b13-12+,14-6+,16-7+,20-18-;. The zero-order valence-corrected chi connectivity index (χ0v) is 15.6. The molecule has 0 amide bonds. The number of benzene rings is 1. The highest BCUT2D eigenvalue weighted by atomic mass is 16.5. The van der Waals surface area contributed by atoms with E-state index >= 15 is 0 Å². The summed E-state index contributed by atoms with van der Waals surface area (Å²) in [4.78, 5) is 15.1. The van der Waals surface area contributed by atoms with Crippen molar-refractivity contribution in [3.63, 3.8) is 0 Å². The van der Waals surface area contributed by atoms with Crippen molar-refractivity contribution < 1.29 is 19.7 Å². The second-order valence-electron chi connectivity index (χ2n) is 5.06. The third kappa shape index (κ3) is 8.68. The molecule has 0 bridgehead atoms. The Morgan fingerprint density at radius 2 is 1.85 bits per heavy atom. The molecular weight excluding hydrogens is 330 g/mol. The van der Waals surface area contributed by atoms with Crippen LogP contribution in [0.4, 0.5) is 0 Å². The molecule has 0 saturated heterocycles. The minimum absolute atomic E-state index is 0.217. The lowest BCUT2D eigenvalue weighted by atomic mass is 10.1. The summed E-state index contributed by atoms with van der Waals surface area (Å²) >= 11 is 0. The van der Waals surface area contributed by atoms with Crippen LogP contribution < -0.4 is 0 Å². The van der Waals surface area contributed by atoms with Crippen LogP contribution in [0.2, 0.25) is 0 Å². The summed E-state index contributed by atoms with van der Waals surface area (Å²) in [5.74, 6) is -0.207. The van der Waals surface area contributed by atoms with Crippen LogP contribution in [0, 0.1) is 0 Å². The third-order valence-corrected chi connectivity index (χ3v) is 3.33. The largest absolute Gasteiger partial charge is 0.508 e. The fourth-order valence-corrected chi connectivity index (χ4v) is 1.89. The molecule has 0 aromatic heterocycles. The number of aromatic hydroxyl groups is 1. The number of rotatable bonds is 7. The van der Waals surface area contributed by atoms with E-state index < -0.39 is 5.97 Å². The van der Waals surface area contributed by atoms with Crippen LogP contribution in [-0.2, 0) is 9.53 Å². The SMILES string of the molecule is C=C.CCC(=C\C/C=C(\C)C(=O)O)/C(=N/C=C/c1ccc(O)cc1)OC. The van der Waals surface area contributed by atoms with Gasteiger partial charge in [0.05, 0.1) is 7.11 Å². The van der Waals surface area contributed by atoms with Crippen molar-refractivity contribution in [1.29, 1.82) is 0 Å². The highest BCUT2D eigenvalue weighted by Crippen LogP contribution is 2.12. The van der Waals surface area contributed by atoms with Gasteiger partial charge in [0.25, 0.3) is 0 Å². The van der Waals surface area contributed by atoms with Crippen molar-refractivity contribution in [2.45, 2.75) is 26.7 Å². The van der Waals surface area contributed by atoms with Gasteiger partial charge < -0.3 is 14.9 Å². The molecule has 1 aromatic rings. The summed E-state index contributed by atoms with van der Waals surface area (Å²) in [6, 6.07) is 6.78. The fourth-order valence-electron chi connectivity index (χ4n) is 1.89. The number of phenolic OH excluding ortho intramolecular Hbond substituents is 1. The molecule has 26 heavy (non-hydrogen) atoms. The van der Waals surface area contributed by atoms with E-state index in [2.05, 4.69) is 18.2 Å². The Hall–Kier alpha value is -3.08. The Labute approximate surface area is 155 Å². The first kappa shape index (κ1) is 22.9. The summed E-state index contributed by atoms with van der Waals surface area (Å²) < 4.78 is 5.32. The van der Waals surface area contributed by atoms with E-state index in [0.717, 1.165) is 17.6 Å². The molecule has 0 aliphatic rings. The lowest BCUT2D eigenvalue weighted by Crippen LogP contribution is -2.04. The molecule has 0 aliphatic heterocycles. The maximum Gasteiger partial charge on any atom is 0.330 e. The van der Waals surface area contributed by atoms with E-state index in [0.29, 0.717) is 17.9 Å². The summed E-state index contributed by atoms with van der Waals surface area (Å²) in [5, 5.41) is 18.1. The van der Waals surface area contributed by atoms with Crippen molar-refractivity contribution in [1.82, 2.24) is 0 Å². The number of carboxylic acid groups (broad SMARTS) is 1. The summed E-state index contributed by atoms with van der Waals surface area (Å²) in [6.07, 6.45) is 8.22. The van der Waals surface area contributed by atoms with E-state index in [1.165, 1.54) is 0 Å². The van der Waals surface area contributed by atoms with Gasteiger partial charge in [-0.1, -0.05) is 31.2 Å². The maximum absolute atomic E-state index is 10.8. The molecule has 1 aromatic carbocycles. The van der Waals surface area contributed by atoms with Crippen LogP contribution in [0.25, 0.3) is 6.08 Å². The number of aliphatic imine (C=N–C) groups is 1. The van der Waals surface area contributed by atoms with E-state index in [4.69, 9.17) is 9.84 Å². The first-order valence-electron chi connectivity index (χ1n) is 8.14. The lowest BCUT2D eigenvalue weighted by Gasteiger charge is -2.06. The predicted octanol–water partition coefficient (Wildman–Crippen LogP) is 4.97. The molecular formula is C21H27NO4. The highest BCUT2D eigenvalue weighted by Gasteiger charge is 2.04. The molecule has 5 heteroatoms. The number of carboxylic acids is 1. The number of aliphatic carboxylic acids is 1. The number of hydrogen-bond acceptors (Lipinski definition) is 4. The van der Waals surface area contributed by atoms with Crippen molar-refractivity contribution in [3.05, 3.63) is 72.5 Å². The third-order valence-electron chi connectivity index (χ3n) is 3.33. The van der Waals surface area contributed by atoms with Gasteiger partial charge >= 0.3 is 5.97 Å². The first-order chi connectivity index (χ1) is 12.5. The number of carbonyl (C=O) groups is 1. The Kier molecular flexibility index (Phi) is 11.7. The van der Waals surface area contributed by atoms with Crippen LogP contribution in [0.15, 0.2) is 71.9 Å². The number of methoxy groups -OCH3 is 1. The molecule has 140 valence electrons. The molecule has 0 heterocycles. The fraction of sp³-hybridized carbons (Fsp3) is 0.238. The van der Waals surface area contributed by atoms with Crippen LogP contribution in [0.3, 0.4) is 0 Å². The molecule has 0 atom stereocenters. The van der Waals surface area contributed by atoms with E-state index in [1.54, 1.807) is 56.7 Å². The Bertz CT molecular complexity index is 682. The van der Waals surface area contributed by atoms with Gasteiger partial charge in [0, 0.05) is 17.3 Å². The van der Waals surface area contributed by atoms with Gasteiger partial charge in [0.2, 0.25) is 5.90 Å². The Balaban J connectivity index is 0.00000301. The number of allylic oxidation sites excluding steroid dienone is 2. The summed E-state index contributed by atoms with van der Waals surface area (Å²) in [6.45, 7) is 9.55. The van der Waals surface area contributed by atoms with Crippen molar-refractivity contribution in [3.8, 4) is 5.75 Å². The van der Waals surface area contributed by atoms with Crippen molar-refractivity contribution in [2.75, 3.05) is 7.11 Å². The molecule has 0 fully saturated rings. The average molecular weight is 357 g/mol. The topological polar surface area (TPSA) is 79.1 Å². The van der Waals surface area contributed by atoms with Gasteiger partial charge in [0.15, 0.2) is 0 Å². The van der Waals surface area contributed by atoms with E-state index in [1.807, 2.05) is 13.0 Å². The first-order valence-corrected chi connectivity index (χ1v) is 8.14. The summed E-state index contributed by atoms with van der Waals surface area (Å²) in [7, 11) is 1.55. The van der Waals surface area contributed by atoms with Crippen LogP contribution in [0.5, 0.6) is 5.75 Å². The van der Waals surface area contributed by atoms with Crippen molar-refractivity contribution >= 4 is 17.9 Å². The quantitative estimate of drug-likeness (QED) is 0.313. The molecule has 0 radical (unpaired) electrons. The minimum atomic E-state index is -0.918. The highest BCUT2D eigenvalue weighted by molar-refractivity contribution is 5.94. The smallest absolute Gasteiger partial charge is 0.330 e. The van der Waals surface area contributed by atoms with Crippen LogP contribution >= 0.6 is 0 Å². The average Bonchev–Trinajstić information content (AvgIpc) is 2.66.